The summed E-state index contributed by atoms with van der Waals surface area (Å²) in [6.45, 7) is 2.15. The normalized spacial score (nSPS) is 19.1. The molecule has 2 atom stereocenters. The third kappa shape index (κ3) is 3.89. The number of allylic oxidation sites excluding steroid dienone is 1. The number of rotatable bonds is 5. The van der Waals surface area contributed by atoms with Crippen molar-refractivity contribution in [2.24, 2.45) is 5.92 Å². The lowest BCUT2D eigenvalue weighted by molar-refractivity contribution is 0.156. The Hall–Kier alpha value is -0.730. The van der Waals surface area contributed by atoms with E-state index in [4.69, 9.17) is 0 Å². The second-order valence-corrected chi connectivity index (χ2v) is 6.16. The van der Waals surface area contributed by atoms with Crippen molar-refractivity contribution in [2.45, 2.75) is 43.6 Å². The molecule has 0 unspecified atom stereocenters. The van der Waals surface area contributed by atoms with E-state index >= 15 is 0 Å². The molecule has 1 aliphatic rings. The van der Waals surface area contributed by atoms with E-state index in [0.29, 0.717) is 5.92 Å². The molecule has 0 spiro atoms. The fourth-order valence-electron chi connectivity index (χ4n) is 2.33. The quantitative estimate of drug-likeness (QED) is 0.631. The van der Waals surface area contributed by atoms with Gasteiger partial charge in [0, 0.05) is 10.6 Å². The zero-order valence-electron chi connectivity index (χ0n) is 11.0. The average molecular weight is 262 g/mol. The Bertz CT molecular complexity index is 385. The number of hydrogen-bond acceptors (Lipinski definition) is 2. The maximum atomic E-state index is 10.3. The number of hydrogen-bond donors (Lipinski definition) is 1. The molecular weight excluding hydrogens is 240 g/mol. The van der Waals surface area contributed by atoms with Gasteiger partial charge in [-0.1, -0.05) is 31.2 Å². The highest BCUT2D eigenvalue weighted by Crippen LogP contribution is 2.28. The summed E-state index contributed by atoms with van der Waals surface area (Å²) >= 11 is 1.83. The summed E-state index contributed by atoms with van der Waals surface area (Å²) in [5.41, 5.74) is 1.27. The highest BCUT2D eigenvalue weighted by molar-refractivity contribution is 7.99. The summed E-state index contributed by atoms with van der Waals surface area (Å²) in [6.07, 6.45) is 6.75. The van der Waals surface area contributed by atoms with Crippen LogP contribution in [0.15, 0.2) is 46.9 Å². The molecule has 0 aliphatic heterocycles. The van der Waals surface area contributed by atoms with Crippen LogP contribution in [0.3, 0.4) is 0 Å². The molecule has 0 saturated carbocycles. The van der Waals surface area contributed by atoms with Crippen molar-refractivity contribution in [3.63, 3.8) is 0 Å². The van der Waals surface area contributed by atoms with Crippen LogP contribution in [0.25, 0.3) is 0 Å². The van der Waals surface area contributed by atoms with Gasteiger partial charge in [-0.05, 0) is 49.3 Å². The zero-order valence-corrected chi connectivity index (χ0v) is 11.8. The molecule has 1 nitrogen and oxygen atoms in total. The SMILES string of the molecule is C[C@@H](CSc1ccccc1)[C@H](O)C1=CCCCC1. The molecule has 0 heterocycles. The van der Waals surface area contributed by atoms with Crippen molar-refractivity contribution in [3.05, 3.63) is 42.0 Å². The van der Waals surface area contributed by atoms with Crippen LogP contribution in [-0.4, -0.2) is 17.0 Å². The molecule has 1 N–H and O–H groups in total. The Balaban J connectivity index is 1.84. The smallest absolute Gasteiger partial charge is 0.0783 e. The maximum Gasteiger partial charge on any atom is 0.0783 e. The molecular formula is C16H22OS. The molecule has 0 aromatic heterocycles. The average Bonchev–Trinajstić information content (AvgIpc) is 2.46. The molecule has 0 fully saturated rings. The lowest BCUT2D eigenvalue weighted by Crippen LogP contribution is -2.23. The summed E-state index contributed by atoms with van der Waals surface area (Å²) in [5, 5.41) is 10.3. The number of aliphatic hydroxyl groups is 1. The summed E-state index contributed by atoms with van der Waals surface area (Å²) in [6, 6.07) is 10.4. The molecule has 98 valence electrons. The van der Waals surface area contributed by atoms with Gasteiger partial charge in [-0.2, -0.15) is 0 Å². The topological polar surface area (TPSA) is 20.2 Å². The van der Waals surface area contributed by atoms with E-state index in [9.17, 15) is 5.11 Å². The van der Waals surface area contributed by atoms with Gasteiger partial charge in [0.2, 0.25) is 0 Å². The molecule has 0 bridgehead atoms. The van der Waals surface area contributed by atoms with Crippen LogP contribution in [-0.2, 0) is 0 Å². The highest BCUT2D eigenvalue weighted by Gasteiger charge is 2.19. The van der Waals surface area contributed by atoms with Gasteiger partial charge in [-0.25, -0.2) is 0 Å². The number of aliphatic hydroxyl groups excluding tert-OH is 1. The molecule has 2 heteroatoms. The van der Waals surface area contributed by atoms with Crippen LogP contribution in [0.5, 0.6) is 0 Å². The van der Waals surface area contributed by atoms with Crippen molar-refractivity contribution in [2.75, 3.05) is 5.75 Å². The van der Waals surface area contributed by atoms with Crippen LogP contribution < -0.4 is 0 Å². The first-order chi connectivity index (χ1) is 8.77. The lowest BCUT2D eigenvalue weighted by atomic mass is 9.90. The van der Waals surface area contributed by atoms with Gasteiger partial charge >= 0.3 is 0 Å². The first-order valence-corrected chi connectivity index (χ1v) is 7.81. The molecule has 1 aliphatic carbocycles. The van der Waals surface area contributed by atoms with Crippen molar-refractivity contribution < 1.29 is 5.11 Å². The van der Waals surface area contributed by atoms with Gasteiger partial charge < -0.3 is 5.11 Å². The predicted molar refractivity (Wildman–Crippen MR) is 78.9 cm³/mol. The highest BCUT2D eigenvalue weighted by atomic mass is 32.2. The van der Waals surface area contributed by atoms with Gasteiger partial charge in [0.25, 0.3) is 0 Å². The summed E-state index contributed by atoms with van der Waals surface area (Å²) in [5.74, 6) is 1.29. The first kappa shape index (κ1) is 13.7. The van der Waals surface area contributed by atoms with Crippen LogP contribution in [0.2, 0.25) is 0 Å². The second kappa shape index (κ2) is 7.01. The lowest BCUT2D eigenvalue weighted by Gasteiger charge is -2.24. The minimum Gasteiger partial charge on any atom is -0.388 e. The van der Waals surface area contributed by atoms with E-state index in [1.165, 1.54) is 23.3 Å². The minimum atomic E-state index is -0.249. The van der Waals surface area contributed by atoms with E-state index in [2.05, 4.69) is 37.3 Å². The van der Waals surface area contributed by atoms with Gasteiger partial charge in [0.05, 0.1) is 6.10 Å². The third-order valence-electron chi connectivity index (χ3n) is 3.50. The van der Waals surface area contributed by atoms with Crippen molar-refractivity contribution in [1.29, 1.82) is 0 Å². The second-order valence-electron chi connectivity index (χ2n) is 5.07. The van der Waals surface area contributed by atoms with Crippen molar-refractivity contribution in [1.82, 2.24) is 0 Å². The van der Waals surface area contributed by atoms with E-state index < -0.39 is 0 Å². The standard InChI is InChI=1S/C16H22OS/c1-13(12-18-15-10-6-3-7-11-15)16(17)14-8-4-2-5-9-14/h3,6-8,10-11,13,16-17H,2,4-5,9,12H2,1H3/t13-,16-/m0/s1. The molecule has 0 saturated heterocycles. The van der Waals surface area contributed by atoms with Crippen LogP contribution in [0.4, 0.5) is 0 Å². The Morgan fingerprint density at radius 1 is 1.22 bits per heavy atom. The number of benzene rings is 1. The number of thioether (sulfide) groups is 1. The van der Waals surface area contributed by atoms with Crippen LogP contribution in [0.1, 0.15) is 32.6 Å². The summed E-state index contributed by atoms with van der Waals surface area (Å²) in [4.78, 5) is 1.29. The predicted octanol–water partition coefficient (Wildman–Crippen LogP) is 4.28. The van der Waals surface area contributed by atoms with Crippen molar-refractivity contribution in [3.8, 4) is 0 Å². The van der Waals surface area contributed by atoms with Crippen molar-refractivity contribution >= 4 is 11.8 Å². The Morgan fingerprint density at radius 3 is 2.67 bits per heavy atom. The Kier molecular flexibility index (Phi) is 5.33. The Labute approximate surface area is 114 Å². The monoisotopic (exact) mass is 262 g/mol. The van der Waals surface area contributed by atoms with E-state index in [1.54, 1.807) is 0 Å². The van der Waals surface area contributed by atoms with Crippen LogP contribution in [0, 0.1) is 5.92 Å². The summed E-state index contributed by atoms with van der Waals surface area (Å²) < 4.78 is 0. The largest absolute Gasteiger partial charge is 0.388 e. The van der Waals surface area contributed by atoms with E-state index in [0.717, 1.165) is 18.6 Å². The molecule has 0 amide bonds. The van der Waals surface area contributed by atoms with E-state index in [-0.39, 0.29) is 6.10 Å². The van der Waals surface area contributed by atoms with Gasteiger partial charge in [-0.3, -0.25) is 0 Å². The molecule has 18 heavy (non-hydrogen) atoms. The molecule has 2 rings (SSSR count). The molecule has 1 aromatic rings. The maximum absolute atomic E-state index is 10.3. The first-order valence-electron chi connectivity index (χ1n) is 6.82. The van der Waals surface area contributed by atoms with E-state index in [1.807, 2.05) is 17.8 Å². The molecule has 0 radical (unpaired) electrons. The van der Waals surface area contributed by atoms with Crippen LogP contribution >= 0.6 is 11.8 Å². The van der Waals surface area contributed by atoms with Gasteiger partial charge in [0.1, 0.15) is 0 Å². The third-order valence-corrected chi connectivity index (χ3v) is 4.80. The van der Waals surface area contributed by atoms with Gasteiger partial charge in [-0.15, -0.1) is 11.8 Å². The fourth-order valence-corrected chi connectivity index (χ4v) is 3.32. The van der Waals surface area contributed by atoms with Gasteiger partial charge in [0.15, 0.2) is 0 Å². The summed E-state index contributed by atoms with van der Waals surface area (Å²) in [7, 11) is 0. The Morgan fingerprint density at radius 2 is 2.00 bits per heavy atom. The zero-order chi connectivity index (χ0) is 12.8. The minimum absolute atomic E-state index is 0.249. The fraction of sp³-hybridized carbons (Fsp3) is 0.500. The molecule has 1 aromatic carbocycles.